The average Bonchev–Trinajstić information content (AvgIpc) is 2.46. The van der Waals surface area contributed by atoms with Crippen LogP contribution in [0, 0.1) is 17.2 Å². The molecule has 2 unspecified atom stereocenters. The first kappa shape index (κ1) is 15.0. The molecule has 1 aliphatic rings. The molecule has 0 aromatic heterocycles. The highest BCUT2D eigenvalue weighted by Crippen LogP contribution is 2.21. The van der Waals surface area contributed by atoms with E-state index in [1.54, 1.807) is 0 Å². The first-order valence-electron chi connectivity index (χ1n) is 7.68. The third-order valence-electron chi connectivity index (χ3n) is 3.96. The van der Waals surface area contributed by atoms with Gasteiger partial charge in [-0.05, 0) is 37.3 Å². The summed E-state index contributed by atoms with van der Waals surface area (Å²) in [5.41, 5.74) is 1.41. The molecule has 2 atom stereocenters. The quantitative estimate of drug-likeness (QED) is 0.808. The van der Waals surface area contributed by atoms with E-state index in [1.165, 1.54) is 12.0 Å². The van der Waals surface area contributed by atoms with Gasteiger partial charge in [0.05, 0.1) is 12.6 Å². The van der Waals surface area contributed by atoms with Gasteiger partial charge < -0.3 is 5.32 Å². The second-order valence-corrected chi connectivity index (χ2v) is 5.79. The number of piperidine rings is 1. The molecule has 3 nitrogen and oxygen atoms in total. The fourth-order valence-electron chi connectivity index (χ4n) is 3.12. The van der Waals surface area contributed by atoms with Gasteiger partial charge in [0.1, 0.15) is 0 Å². The van der Waals surface area contributed by atoms with Crippen molar-refractivity contribution in [3.63, 3.8) is 0 Å². The first-order chi connectivity index (χ1) is 9.81. The van der Waals surface area contributed by atoms with Crippen molar-refractivity contribution in [3.05, 3.63) is 35.9 Å². The maximum atomic E-state index is 8.94. The van der Waals surface area contributed by atoms with E-state index in [-0.39, 0.29) is 0 Å². The van der Waals surface area contributed by atoms with Crippen molar-refractivity contribution in [1.82, 2.24) is 10.2 Å². The van der Waals surface area contributed by atoms with Crippen molar-refractivity contribution in [1.29, 1.82) is 5.26 Å². The van der Waals surface area contributed by atoms with Gasteiger partial charge in [0.15, 0.2) is 0 Å². The van der Waals surface area contributed by atoms with Gasteiger partial charge in [-0.3, -0.25) is 4.90 Å². The smallest absolute Gasteiger partial charge is 0.0866 e. The number of hydrogen-bond acceptors (Lipinski definition) is 3. The summed E-state index contributed by atoms with van der Waals surface area (Å²) >= 11 is 0. The Morgan fingerprint density at radius 1 is 1.30 bits per heavy atom. The molecule has 108 valence electrons. The molecule has 0 radical (unpaired) electrons. The van der Waals surface area contributed by atoms with Crippen molar-refractivity contribution in [2.75, 3.05) is 26.2 Å². The predicted molar refractivity (Wildman–Crippen MR) is 82.4 cm³/mol. The molecule has 1 aromatic carbocycles. The second-order valence-electron chi connectivity index (χ2n) is 5.79. The van der Waals surface area contributed by atoms with Crippen molar-refractivity contribution in [2.24, 2.45) is 5.92 Å². The van der Waals surface area contributed by atoms with E-state index in [2.05, 4.69) is 53.5 Å². The van der Waals surface area contributed by atoms with Crippen molar-refractivity contribution < 1.29 is 0 Å². The lowest BCUT2D eigenvalue weighted by Crippen LogP contribution is -2.49. The predicted octanol–water partition coefficient (Wildman–Crippen LogP) is 2.44. The van der Waals surface area contributed by atoms with Crippen molar-refractivity contribution in [2.45, 2.75) is 32.2 Å². The highest BCUT2D eigenvalue weighted by atomic mass is 15.2. The van der Waals surface area contributed by atoms with Gasteiger partial charge in [0, 0.05) is 19.1 Å². The summed E-state index contributed by atoms with van der Waals surface area (Å²) in [6, 6.07) is 13.5. The van der Waals surface area contributed by atoms with Gasteiger partial charge in [0.2, 0.25) is 0 Å². The molecular formula is C17H25N3. The van der Waals surface area contributed by atoms with Gasteiger partial charge in [-0.15, -0.1) is 0 Å². The minimum atomic E-state index is 0.533. The van der Waals surface area contributed by atoms with Crippen LogP contribution in [0.1, 0.15) is 25.3 Å². The SMILES string of the molecule is CCCNC1CC(Cc2ccccc2)CN(CC#N)C1. The zero-order chi connectivity index (χ0) is 14.2. The number of benzene rings is 1. The van der Waals surface area contributed by atoms with Crippen LogP contribution in [-0.2, 0) is 6.42 Å². The Kier molecular flexibility index (Phi) is 6.04. The summed E-state index contributed by atoms with van der Waals surface area (Å²) in [7, 11) is 0. The van der Waals surface area contributed by atoms with Crippen LogP contribution in [0.5, 0.6) is 0 Å². The molecule has 0 aliphatic carbocycles. The Balaban J connectivity index is 1.94. The van der Waals surface area contributed by atoms with Gasteiger partial charge in [-0.2, -0.15) is 5.26 Å². The number of rotatable bonds is 6. The summed E-state index contributed by atoms with van der Waals surface area (Å²) in [5, 5.41) is 12.6. The number of likely N-dealkylation sites (tertiary alicyclic amines) is 1. The van der Waals surface area contributed by atoms with E-state index >= 15 is 0 Å². The highest BCUT2D eigenvalue weighted by Gasteiger charge is 2.26. The van der Waals surface area contributed by atoms with Crippen LogP contribution in [-0.4, -0.2) is 37.1 Å². The zero-order valence-corrected chi connectivity index (χ0v) is 12.4. The van der Waals surface area contributed by atoms with E-state index in [0.29, 0.717) is 18.5 Å². The minimum absolute atomic E-state index is 0.533. The van der Waals surface area contributed by atoms with Crippen LogP contribution in [0.3, 0.4) is 0 Å². The van der Waals surface area contributed by atoms with E-state index < -0.39 is 0 Å². The highest BCUT2D eigenvalue weighted by molar-refractivity contribution is 5.15. The number of nitriles is 1. The maximum absolute atomic E-state index is 8.94. The second kappa shape index (κ2) is 8.04. The Labute approximate surface area is 122 Å². The van der Waals surface area contributed by atoms with Crippen LogP contribution < -0.4 is 5.32 Å². The Hall–Kier alpha value is -1.37. The van der Waals surface area contributed by atoms with Crippen molar-refractivity contribution in [3.8, 4) is 6.07 Å². The standard InChI is InChI=1S/C17H25N3/c1-2-9-19-17-12-16(13-20(14-17)10-8-18)11-15-6-4-3-5-7-15/h3-7,16-17,19H,2,9-14H2,1H3. The van der Waals surface area contributed by atoms with Gasteiger partial charge in [-0.1, -0.05) is 37.3 Å². The van der Waals surface area contributed by atoms with Crippen LogP contribution in [0.15, 0.2) is 30.3 Å². The molecule has 0 saturated carbocycles. The number of hydrogen-bond donors (Lipinski definition) is 1. The summed E-state index contributed by atoms with van der Waals surface area (Å²) in [4.78, 5) is 2.30. The summed E-state index contributed by atoms with van der Waals surface area (Å²) in [6.07, 6.45) is 3.50. The van der Waals surface area contributed by atoms with E-state index in [9.17, 15) is 0 Å². The molecule has 1 fully saturated rings. The topological polar surface area (TPSA) is 39.1 Å². The molecule has 20 heavy (non-hydrogen) atoms. The third-order valence-corrected chi connectivity index (χ3v) is 3.96. The minimum Gasteiger partial charge on any atom is -0.313 e. The fourth-order valence-corrected chi connectivity index (χ4v) is 3.12. The van der Waals surface area contributed by atoms with Gasteiger partial charge >= 0.3 is 0 Å². The van der Waals surface area contributed by atoms with Crippen LogP contribution >= 0.6 is 0 Å². The van der Waals surface area contributed by atoms with E-state index in [0.717, 1.165) is 32.5 Å². The largest absolute Gasteiger partial charge is 0.313 e. The average molecular weight is 271 g/mol. The molecule has 0 amide bonds. The lowest BCUT2D eigenvalue weighted by Gasteiger charge is -2.37. The summed E-state index contributed by atoms with van der Waals surface area (Å²) < 4.78 is 0. The molecule has 1 heterocycles. The Morgan fingerprint density at radius 2 is 2.10 bits per heavy atom. The lowest BCUT2D eigenvalue weighted by molar-refractivity contribution is 0.155. The zero-order valence-electron chi connectivity index (χ0n) is 12.4. The Bertz CT molecular complexity index is 424. The van der Waals surface area contributed by atoms with E-state index in [1.807, 2.05) is 0 Å². The van der Waals surface area contributed by atoms with Crippen LogP contribution in [0.4, 0.5) is 0 Å². The molecule has 1 aliphatic heterocycles. The first-order valence-corrected chi connectivity index (χ1v) is 7.68. The summed E-state index contributed by atoms with van der Waals surface area (Å²) in [6.45, 7) is 5.88. The van der Waals surface area contributed by atoms with Crippen molar-refractivity contribution >= 4 is 0 Å². The molecule has 1 aromatic rings. The van der Waals surface area contributed by atoms with E-state index in [4.69, 9.17) is 5.26 Å². The maximum Gasteiger partial charge on any atom is 0.0866 e. The molecule has 0 spiro atoms. The molecule has 1 N–H and O–H groups in total. The van der Waals surface area contributed by atoms with Gasteiger partial charge in [-0.25, -0.2) is 0 Å². The Morgan fingerprint density at radius 3 is 2.80 bits per heavy atom. The van der Waals surface area contributed by atoms with Crippen LogP contribution in [0.2, 0.25) is 0 Å². The third kappa shape index (κ3) is 4.63. The normalized spacial score (nSPS) is 23.4. The molecular weight excluding hydrogens is 246 g/mol. The number of nitrogens with zero attached hydrogens (tertiary/aromatic N) is 2. The molecule has 2 rings (SSSR count). The summed E-state index contributed by atoms with van der Waals surface area (Å²) in [5.74, 6) is 0.647. The van der Waals surface area contributed by atoms with Crippen LogP contribution in [0.25, 0.3) is 0 Å². The molecule has 1 saturated heterocycles. The monoisotopic (exact) mass is 271 g/mol. The number of nitrogens with one attached hydrogen (secondary N) is 1. The fraction of sp³-hybridized carbons (Fsp3) is 0.588. The van der Waals surface area contributed by atoms with Gasteiger partial charge in [0.25, 0.3) is 0 Å². The lowest BCUT2D eigenvalue weighted by atomic mass is 9.88. The molecule has 0 bridgehead atoms. The molecule has 3 heteroatoms.